The summed E-state index contributed by atoms with van der Waals surface area (Å²) in [6.45, 7) is 2.32. The van der Waals surface area contributed by atoms with Gasteiger partial charge < -0.3 is 19.9 Å². The van der Waals surface area contributed by atoms with E-state index in [1.807, 2.05) is 12.1 Å². The molecule has 2 aliphatic heterocycles. The number of rotatable bonds is 7. The van der Waals surface area contributed by atoms with Crippen LogP contribution in [0.1, 0.15) is 56.2 Å². The molecule has 0 spiro atoms. The zero-order valence-corrected chi connectivity index (χ0v) is 20.3. The number of aliphatic imine (C=N–C) groups is 1. The van der Waals surface area contributed by atoms with E-state index in [9.17, 15) is 19.6 Å². The lowest BCUT2D eigenvalue weighted by Crippen LogP contribution is -2.37. The normalized spacial score (nSPS) is 17.8. The molecule has 1 aromatic heterocycles. The summed E-state index contributed by atoms with van der Waals surface area (Å²) in [7, 11) is 1.66. The van der Waals surface area contributed by atoms with Gasteiger partial charge >= 0.3 is 5.97 Å². The Morgan fingerprint density at radius 1 is 1.31 bits per heavy atom. The molecule has 0 radical (unpaired) electrons. The molecule has 2 aliphatic rings. The molecule has 35 heavy (non-hydrogen) atoms. The topological polar surface area (TPSA) is 115 Å². The minimum atomic E-state index is -0.686. The second-order valence-corrected chi connectivity index (χ2v) is 9.63. The Hall–Kier alpha value is -3.71. The lowest BCUT2D eigenvalue weighted by Gasteiger charge is -2.23. The Bertz CT molecular complexity index is 1180. The Balaban J connectivity index is 1.58. The van der Waals surface area contributed by atoms with Gasteiger partial charge in [0.2, 0.25) is 0 Å². The molecule has 0 bridgehead atoms. The number of cyclic esters (lactones) is 1. The van der Waals surface area contributed by atoms with Gasteiger partial charge in [0.15, 0.2) is 0 Å². The minimum absolute atomic E-state index is 0.241. The van der Waals surface area contributed by atoms with Crippen molar-refractivity contribution in [3.05, 3.63) is 51.2 Å². The maximum atomic E-state index is 13.4. The highest BCUT2D eigenvalue weighted by atomic mass is 32.1. The fourth-order valence-corrected chi connectivity index (χ4v) is 5.05. The maximum absolute atomic E-state index is 13.4. The van der Waals surface area contributed by atoms with Crippen molar-refractivity contribution in [2.45, 2.75) is 38.3 Å². The fraction of sp³-hybridized carbons (Fsp3) is 0.400. The second-order valence-electron chi connectivity index (χ2n) is 8.58. The molecular formula is C25H27N5O4S. The molecule has 1 unspecified atom stereocenters. The summed E-state index contributed by atoms with van der Waals surface area (Å²) in [4.78, 5) is 46.8. The number of likely N-dealkylation sites (tertiary alicyclic amines) is 1. The van der Waals surface area contributed by atoms with Gasteiger partial charge in [-0.3, -0.25) is 9.59 Å². The molecule has 0 aliphatic carbocycles. The zero-order valence-electron chi connectivity index (χ0n) is 19.5. The molecule has 0 saturated carbocycles. The summed E-state index contributed by atoms with van der Waals surface area (Å²) in [5.41, 5.74) is 1.65. The first-order valence-corrected chi connectivity index (χ1v) is 12.4. The number of hydrogen-bond acceptors (Lipinski definition) is 7. The minimum Gasteiger partial charge on any atom is -0.464 e. The third-order valence-electron chi connectivity index (χ3n) is 6.01. The molecule has 2 aromatic rings. The van der Waals surface area contributed by atoms with Gasteiger partial charge in [-0.15, -0.1) is 11.3 Å². The molecule has 1 aromatic carbocycles. The number of nitrogens with zero attached hydrogens (tertiary/aromatic N) is 4. The van der Waals surface area contributed by atoms with Crippen molar-refractivity contribution < 1.29 is 19.1 Å². The first-order valence-electron chi connectivity index (χ1n) is 11.6. The lowest BCUT2D eigenvalue weighted by molar-refractivity contribution is -0.139. The Labute approximate surface area is 208 Å². The van der Waals surface area contributed by atoms with E-state index in [0.717, 1.165) is 42.8 Å². The van der Waals surface area contributed by atoms with Gasteiger partial charge in [0.1, 0.15) is 10.9 Å². The van der Waals surface area contributed by atoms with Crippen molar-refractivity contribution in [3.63, 3.8) is 0 Å². The third-order valence-corrected chi connectivity index (χ3v) is 7.13. The van der Waals surface area contributed by atoms with Crippen LogP contribution in [0.3, 0.4) is 0 Å². The standard InChI is InChI=1S/C25H27N5O4S/c1-29(15-18-8-4-3-7-17(18)14-26)24(32)22-20(27-16-30-10-5-2-6-11-30)13-21(35-22)23(31)28-19-9-12-34-25(19)33/h3-4,7-8,13,16,19H,2,5-6,9-12,15H2,1H3,(H,28,31). The van der Waals surface area contributed by atoms with Crippen LogP contribution in [0.5, 0.6) is 0 Å². The Morgan fingerprint density at radius 2 is 2.09 bits per heavy atom. The van der Waals surface area contributed by atoms with E-state index in [2.05, 4.69) is 21.3 Å². The number of carbonyl (C=O) groups is 3. The first kappa shape index (κ1) is 24.4. The number of thiophene rings is 1. The summed E-state index contributed by atoms with van der Waals surface area (Å²) in [6.07, 6.45) is 5.53. The van der Waals surface area contributed by atoms with Gasteiger partial charge in [-0.2, -0.15) is 5.26 Å². The lowest BCUT2D eigenvalue weighted by atomic mass is 10.1. The highest BCUT2D eigenvalue weighted by Crippen LogP contribution is 2.32. The number of nitriles is 1. The van der Waals surface area contributed by atoms with Gasteiger partial charge in [0.25, 0.3) is 11.8 Å². The van der Waals surface area contributed by atoms with Crippen molar-refractivity contribution in [1.82, 2.24) is 15.1 Å². The van der Waals surface area contributed by atoms with Gasteiger partial charge in [0, 0.05) is 33.1 Å². The third kappa shape index (κ3) is 5.87. The van der Waals surface area contributed by atoms with E-state index >= 15 is 0 Å². The van der Waals surface area contributed by atoms with Crippen LogP contribution in [-0.4, -0.2) is 66.7 Å². The van der Waals surface area contributed by atoms with Crippen molar-refractivity contribution in [2.75, 3.05) is 26.7 Å². The molecule has 2 fully saturated rings. The number of carbonyl (C=O) groups excluding carboxylic acids is 3. The monoisotopic (exact) mass is 493 g/mol. The Kier molecular flexibility index (Phi) is 7.77. The smallest absolute Gasteiger partial charge is 0.328 e. The number of nitrogens with one attached hydrogen (secondary N) is 1. The molecule has 182 valence electrons. The van der Waals surface area contributed by atoms with Crippen LogP contribution >= 0.6 is 11.3 Å². The highest BCUT2D eigenvalue weighted by molar-refractivity contribution is 7.16. The zero-order chi connectivity index (χ0) is 24.8. The molecule has 2 amide bonds. The molecule has 1 atom stereocenters. The summed E-state index contributed by atoms with van der Waals surface area (Å²) in [6, 6.07) is 10.2. The predicted molar refractivity (Wildman–Crippen MR) is 132 cm³/mol. The van der Waals surface area contributed by atoms with Crippen LogP contribution in [0.2, 0.25) is 0 Å². The number of ether oxygens (including phenoxy) is 1. The van der Waals surface area contributed by atoms with Crippen LogP contribution in [0.25, 0.3) is 0 Å². The molecule has 2 saturated heterocycles. The van der Waals surface area contributed by atoms with Crippen molar-refractivity contribution in [2.24, 2.45) is 4.99 Å². The largest absolute Gasteiger partial charge is 0.464 e. The van der Waals surface area contributed by atoms with Crippen molar-refractivity contribution in [3.8, 4) is 6.07 Å². The highest BCUT2D eigenvalue weighted by Gasteiger charge is 2.30. The van der Waals surface area contributed by atoms with Crippen molar-refractivity contribution >= 4 is 41.1 Å². The predicted octanol–water partition coefficient (Wildman–Crippen LogP) is 3.08. The van der Waals surface area contributed by atoms with E-state index in [-0.39, 0.29) is 19.1 Å². The van der Waals surface area contributed by atoms with Crippen LogP contribution in [0, 0.1) is 11.3 Å². The van der Waals surface area contributed by atoms with Crippen LogP contribution in [0.4, 0.5) is 5.69 Å². The fourth-order valence-electron chi connectivity index (χ4n) is 4.04. The van der Waals surface area contributed by atoms with Gasteiger partial charge in [0.05, 0.1) is 35.1 Å². The summed E-state index contributed by atoms with van der Waals surface area (Å²) in [5.74, 6) is -1.19. The summed E-state index contributed by atoms with van der Waals surface area (Å²) < 4.78 is 4.92. The molecular weight excluding hydrogens is 466 g/mol. The van der Waals surface area contributed by atoms with E-state index in [0.29, 0.717) is 27.4 Å². The quantitative estimate of drug-likeness (QED) is 0.360. The van der Waals surface area contributed by atoms with Gasteiger partial charge in [-0.05, 0) is 37.0 Å². The van der Waals surface area contributed by atoms with Crippen LogP contribution in [-0.2, 0) is 16.1 Å². The second kappa shape index (κ2) is 11.1. The number of hydrogen-bond donors (Lipinski definition) is 1. The number of benzene rings is 1. The Morgan fingerprint density at radius 3 is 2.80 bits per heavy atom. The molecule has 3 heterocycles. The molecule has 4 rings (SSSR count). The van der Waals surface area contributed by atoms with Gasteiger partial charge in [-0.1, -0.05) is 18.2 Å². The van der Waals surface area contributed by atoms with E-state index in [1.165, 1.54) is 11.3 Å². The number of amides is 2. The van der Waals surface area contributed by atoms with Gasteiger partial charge in [-0.25, -0.2) is 9.79 Å². The summed E-state index contributed by atoms with van der Waals surface area (Å²) in [5, 5.41) is 12.1. The number of piperidine rings is 1. The average Bonchev–Trinajstić information content (AvgIpc) is 3.49. The van der Waals surface area contributed by atoms with Crippen molar-refractivity contribution in [1.29, 1.82) is 5.26 Å². The molecule has 1 N–H and O–H groups in total. The van der Waals surface area contributed by atoms with E-state index in [1.54, 1.807) is 31.6 Å². The average molecular weight is 494 g/mol. The molecule has 9 nitrogen and oxygen atoms in total. The molecule has 10 heteroatoms. The van der Waals surface area contributed by atoms with Crippen LogP contribution in [0.15, 0.2) is 35.3 Å². The SMILES string of the molecule is CN(Cc1ccccc1C#N)C(=O)c1sc(C(=O)NC2CCOC2=O)cc1N=CN1CCCCC1. The first-order chi connectivity index (χ1) is 17.0. The van der Waals surface area contributed by atoms with Crippen LogP contribution < -0.4 is 5.32 Å². The summed E-state index contributed by atoms with van der Waals surface area (Å²) >= 11 is 1.04. The van der Waals surface area contributed by atoms with E-state index < -0.39 is 17.9 Å². The van der Waals surface area contributed by atoms with E-state index in [4.69, 9.17) is 4.74 Å². The number of esters is 1. The maximum Gasteiger partial charge on any atom is 0.328 e.